The van der Waals surface area contributed by atoms with Crippen LogP contribution in [0.15, 0.2) is 43.0 Å². The summed E-state index contributed by atoms with van der Waals surface area (Å²) in [5, 5.41) is 10.8. The fraction of sp³-hybridized carbons (Fsp3) is 0.622. The lowest BCUT2D eigenvalue weighted by Crippen LogP contribution is -2.58. The van der Waals surface area contributed by atoms with Crippen LogP contribution in [-0.2, 0) is 35.3 Å². The molecule has 270 valence electrons. The van der Waals surface area contributed by atoms with Gasteiger partial charge in [0, 0.05) is 26.1 Å². The summed E-state index contributed by atoms with van der Waals surface area (Å²) in [4.78, 5) is 80.8. The number of hydrogen-bond acceptors (Lipinski definition) is 7. The largest absolute Gasteiger partial charge is 0.444 e. The molecule has 1 heterocycles. The molecule has 1 aromatic carbocycles. The highest BCUT2D eigenvalue weighted by molar-refractivity contribution is 6.38. The molecule has 1 saturated heterocycles. The summed E-state index contributed by atoms with van der Waals surface area (Å²) in [6.07, 6.45) is 5.56. The molecule has 12 heteroatoms. The number of ketones is 1. The molecule has 0 spiro atoms. The highest BCUT2D eigenvalue weighted by Gasteiger charge is 2.45. The van der Waals surface area contributed by atoms with Crippen LogP contribution in [0.2, 0.25) is 0 Å². The van der Waals surface area contributed by atoms with Gasteiger partial charge in [0.2, 0.25) is 23.5 Å². The first-order valence-corrected chi connectivity index (χ1v) is 17.5. The minimum absolute atomic E-state index is 0.00523. The van der Waals surface area contributed by atoms with Gasteiger partial charge in [-0.25, -0.2) is 4.79 Å². The number of benzene rings is 1. The first kappa shape index (κ1) is 39.2. The van der Waals surface area contributed by atoms with Gasteiger partial charge in [0.25, 0.3) is 5.91 Å². The van der Waals surface area contributed by atoms with Gasteiger partial charge in [-0.15, -0.1) is 6.58 Å². The Labute approximate surface area is 290 Å². The van der Waals surface area contributed by atoms with Crippen LogP contribution in [0.3, 0.4) is 0 Å². The molecule has 12 nitrogen and oxygen atoms in total. The molecule has 4 atom stereocenters. The van der Waals surface area contributed by atoms with Gasteiger partial charge in [-0.3, -0.25) is 24.0 Å². The van der Waals surface area contributed by atoms with Crippen molar-refractivity contribution in [3.05, 3.63) is 48.6 Å². The molecule has 3 rings (SSSR count). The molecule has 0 aromatic heterocycles. The molecule has 0 radical (unpaired) electrons. The van der Waals surface area contributed by atoms with Gasteiger partial charge in [-0.2, -0.15) is 0 Å². The zero-order valence-electron chi connectivity index (χ0n) is 29.7. The number of rotatable bonds is 15. The molecule has 49 heavy (non-hydrogen) atoms. The number of nitrogens with zero attached hydrogens (tertiary/aromatic N) is 1. The van der Waals surface area contributed by atoms with Crippen molar-refractivity contribution in [2.24, 2.45) is 17.8 Å². The molecule has 1 aromatic rings. The summed E-state index contributed by atoms with van der Waals surface area (Å²) in [7, 11) is 0. The predicted molar refractivity (Wildman–Crippen MR) is 186 cm³/mol. The van der Waals surface area contributed by atoms with Crippen LogP contribution in [0, 0.1) is 17.8 Å². The number of likely N-dealkylation sites (tertiary alicyclic amines) is 1. The molecule has 0 bridgehead atoms. The standard InChI is InChI=1S/C37H55N5O7/c1-7-14-28(32(44)34(46)38-20-19-30(43)39-22-25-15-10-8-11-16-25)40-33(45)29-21-27(24(2)3)23-42(29)35(47)31(26-17-12-9-13-18-26)41-36(48)49-37(4,5)6/h7-8,10-11,15-16,24,26-29,31H,1,9,12-14,17-23H2,2-6H3,(H,38,46)(H,39,43)(H,40,45)(H,41,48)/t27-,28?,29?,31+/m1/s1. The second kappa shape index (κ2) is 18.5. The van der Waals surface area contributed by atoms with E-state index in [0.29, 0.717) is 19.5 Å². The van der Waals surface area contributed by atoms with E-state index in [2.05, 4.69) is 27.8 Å². The third-order valence-corrected chi connectivity index (χ3v) is 9.15. The molecular formula is C37H55N5O7. The SMILES string of the molecule is C=CCC(NC(=O)C1C[C@@H](C(C)C)CN1C(=O)[C@@H](NC(=O)OC(C)(C)C)C1CCCCC1)C(=O)C(=O)NCCC(=O)NCc1ccccc1. The van der Waals surface area contributed by atoms with E-state index in [0.717, 1.165) is 37.7 Å². The number of carbonyl (C=O) groups excluding carboxylic acids is 6. The lowest BCUT2D eigenvalue weighted by molar-refractivity contribution is -0.143. The van der Waals surface area contributed by atoms with Crippen molar-refractivity contribution in [3.8, 4) is 0 Å². The van der Waals surface area contributed by atoms with Crippen molar-refractivity contribution >= 4 is 35.5 Å². The summed E-state index contributed by atoms with van der Waals surface area (Å²) in [5.41, 5.74) is 0.181. The molecular weight excluding hydrogens is 626 g/mol. The van der Waals surface area contributed by atoms with E-state index >= 15 is 0 Å². The molecule has 5 amide bonds. The van der Waals surface area contributed by atoms with Crippen LogP contribution < -0.4 is 21.3 Å². The van der Waals surface area contributed by atoms with E-state index in [1.54, 1.807) is 20.8 Å². The lowest BCUT2D eigenvalue weighted by Gasteiger charge is -2.35. The van der Waals surface area contributed by atoms with Gasteiger partial charge < -0.3 is 30.9 Å². The van der Waals surface area contributed by atoms with Gasteiger partial charge in [-0.05, 0) is 69.8 Å². The highest BCUT2D eigenvalue weighted by Crippen LogP contribution is 2.33. The van der Waals surface area contributed by atoms with Crippen molar-refractivity contribution < 1.29 is 33.5 Å². The van der Waals surface area contributed by atoms with Gasteiger partial charge in [0.1, 0.15) is 23.7 Å². The molecule has 2 aliphatic rings. The Bertz CT molecular complexity index is 1320. The van der Waals surface area contributed by atoms with Gasteiger partial charge >= 0.3 is 6.09 Å². The number of ether oxygens (including phenoxy) is 1. The molecule has 1 aliphatic heterocycles. The average molecular weight is 682 g/mol. The number of amides is 5. The van der Waals surface area contributed by atoms with Crippen molar-refractivity contribution in [2.45, 2.75) is 116 Å². The number of nitrogens with one attached hydrogen (secondary N) is 4. The van der Waals surface area contributed by atoms with Crippen molar-refractivity contribution in [1.29, 1.82) is 0 Å². The van der Waals surface area contributed by atoms with Gasteiger partial charge in [0.05, 0.1) is 0 Å². The fourth-order valence-electron chi connectivity index (χ4n) is 6.39. The van der Waals surface area contributed by atoms with Crippen LogP contribution in [0.5, 0.6) is 0 Å². The van der Waals surface area contributed by atoms with Gasteiger partial charge in [0.15, 0.2) is 0 Å². The second-order valence-corrected chi connectivity index (χ2v) is 14.5. The van der Waals surface area contributed by atoms with E-state index in [9.17, 15) is 28.8 Å². The summed E-state index contributed by atoms with van der Waals surface area (Å²) < 4.78 is 5.50. The van der Waals surface area contributed by atoms with Crippen LogP contribution >= 0.6 is 0 Å². The Morgan fingerprint density at radius 2 is 1.63 bits per heavy atom. The molecule has 4 N–H and O–H groups in total. The van der Waals surface area contributed by atoms with E-state index in [1.165, 1.54) is 11.0 Å². The third kappa shape index (κ3) is 12.3. The zero-order chi connectivity index (χ0) is 36.1. The third-order valence-electron chi connectivity index (χ3n) is 9.15. The molecule has 2 fully saturated rings. The number of hydrogen-bond donors (Lipinski definition) is 4. The van der Waals surface area contributed by atoms with Crippen molar-refractivity contribution in [3.63, 3.8) is 0 Å². The zero-order valence-corrected chi connectivity index (χ0v) is 29.7. The topological polar surface area (TPSA) is 163 Å². The summed E-state index contributed by atoms with van der Waals surface area (Å²) in [6.45, 7) is 13.6. The first-order valence-electron chi connectivity index (χ1n) is 17.5. The Morgan fingerprint density at radius 1 is 0.959 bits per heavy atom. The maximum absolute atomic E-state index is 14.3. The fourth-order valence-corrected chi connectivity index (χ4v) is 6.39. The monoisotopic (exact) mass is 681 g/mol. The van der Waals surface area contributed by atoms with E-state index in [-0.39, 0.29) is 49.0 Å². The van der Waals surface area contributed by atoms with Crippen LogP contribution in [0.4, 0.5) is 4.79 Å². The number of alkyl carbamates (subject to hydrolysis) is 1. The first-order chi connectivity index (χ1) is 23.2. The second-order valence-electron chi connectivity index (χ2n) is 14.5. The summed E-state index contributed by atoms with van der Waals surface area (Å²) >= 11 is 0. The Hall–Kier alpha value is -4.22. The minimum Gasteiger partial charge on any atom is -0.444 e. The molecule has 1 saturated carbocycles. The van der Waals surface area contributed by atoms with Crippen molar-refractivity contribution in [2.75, 3.05) is 13.1 Å². The maximum Gasteiger partial charge on any atom is 0.408 e. The number of carbonyl (C=O) groups is 6. The predicted octanol–water partition coefficient (Wildman–Crippen LogP) is 3.79. The Balaban J connectivity index is 1.68. The molecule has 1 aliphatic carbocycles. The van der Waals surface area contributed by atoms with Crippen LogP contribution in [0.25, 0.3) is 0 Å². The van der Waals surface area contributed by atoms with E-state index < -0.39 is 47.4 Å². The average Bonchev–Trinajstić information content (AvgIpc) is 3.52. The van der Waals surface area contributed by atoms with Gasteiger partial charge in [-0.1, -0.05) is 69.5 Å². The van der Waals surface area contributed by atoms with Crippen LogP contribution in [-0.4, -0.2) is 77.2 Å². The smallest absolute Gasteiger partial charge is 0.408 e. The summed E-state index contributed by atoms with van der Waals surface area (Å²) in [5.74, 6) is -2.91. The maximum atomic E-state index is 14.3. The summed E-state index contributed by atoms with van der Waals surface area (Å²) in [6, 6.07) is 6.42. The quantitative estimate of drug-likeness (QED) is 0.162. The minimum atomic E-state index is -1.21. The highest BCUT2D eigenvalue weighted by atomic mass is 16.6. The van der Waals surface area contributed by atoms with Crippen molar-refractivity contribution in [1.82, 2.24) is 26.2 Å². The number of Topliss-reactive ketones (excluding diaryl/α,β-unsaturated/α-hetero) is 1. The Morgan fingerprint density at radius 3 is 2.24 bits per heavy atom. The van der Waals surface area contributed by atoms with E-state index in [1.807, 2.05) is 44.2 Å². The van der Waals surface area contributed by atoms with E-state index in [4.69, 9.17) is 4.74 Å². The lowest BCUT2D eigenvalue weighted by atomic mass is 9.83. The molecule has 2 unspecified atom stereocenters. The van der Waals surface area contributed by atoms with Crippen LogP contribution in [0.1, 0.15) is 91.5 Å². The Kier molecular flexibility index (Phi) is 14.8. The normalized spacial score (nSPS) is 19.3.